The highest BCUT2D eigenvalue weighted by Crippen LogP contribution is 2.30. The van der Waals surface area contributed by atoms with Gasteiger partial charge in [0.2, 0.25) is 0 Å². The molecule has 0 fully saturated rings. The van der Waals surface area contributed by atoms with Gasteiger partial charge in [-0.2, -0.15) is 4.99 Å². The standard InChI is InChI=1S/C17H17N7O/c1-8-15(24-17(18)19)23-14-9(3-2-4-12(14)21-8)13-7-10-11(22-13)5-6-20-16(10)25/h2-4,7,22H,5-6H2,1H3,(H,20,25)(H4,18,19,23,24). The number of carbonyl (C=O) groups is 1. The maximum absolute atomic E-state index is 12.0. The molecular formula is C17H17N7O. The van der Waals surface area contributed by atoms with Gasteiger partial charge in [0.05, 0.1) is 16.8 Å². The van der Waals surface area contributed by atoms with Crippen LogP contribution in [0.5, 0.6) is 0 Å². The number of nitrogens with two attached hydrogens (primary N) is 2. The molecule has 25 heavy (non-hydrogen) atoms. The van der Waals surface area contributed by atoms with E-state index >= 15 is 0 Å². The quantitative estimate of drug-likeness (QED) is 0.411. The van der Waals surface area contributed by atoms with Crippen LogP contribution in [0.4, 0.5) is 5.82 Å². The second-order valence-corrected chi connectivity index (χ2v) is 5.92. The van der Waals surface area contributed by atoms with Crippen LogP contribution in [0.1, 0.15) is 21.7 Å². The summed E-state index contributed by atoms with van der Waals surface area (Å²) in [6, 6.07) is 7.57. The lowest BCUT2D eigenvalue weighted by Crippen LogP contribution is -2.31. The van der Waals surface area contributed by atoms with Gasteiger partial charge in [-0.15, -0.1) is 0 Å². The van der Waals surface area contributed by atoms with E-state index in [4.69, 9.17) is 11.5 Å². The summed E-state index contributed by atoms with van der Waals surface area (Å²) in [6.45, 7) is 2.44. The molecule has 6 N–H and O–H groups in total. The molecular weight excluding hydrogens is 318 g/mol. The fourth-order valence-corrected chi connectivity index (χ4v) is 3.04. The molecule has 0 atom stereocenters. The van der Waals surface area contributed by atoms with Crippen LogP contribution in [0.2, 0.25) is 0 Å². The van der Waals surface area contributed by atoms with Gasteiger partial charge in [0.25, 0.3) is 5.91 Å². The Labute approximate surface area is 143 Å². The van der Waals surface area contributed by atoms with Gasteiger partial charge in [0.1, 0.15) is 5.52 Å². The van der Waals surface area contributed by atoms with Crippen molar-refractivity contribution in [3.63, 3.8) is 0 Å². The van der Waals surface area contributed by atoms with E-state index in [1.54, 1.807) is 6.92 Å². The Morgan fingerprint density at radius 1 is 1.24 bits per heavy atom. The number of aromatic amines is 1. The molecule has 8 nitrogen and oxygen atoms in total. The number of rotatable bonds is 2. The number of H-pyrrole nitrogens is 1. The zero-order valence-corrected chi connectivity index (χ0v) is 13.6. The van der Waals surface area contributed by atoms with Crippen molar-refractivity contribution < 1.29 is 4.79 Å². The molecule has 0 aliphatic carbocycles. The predicted molar refractivity (Wildman–Crippen MR) is 95.6 cm³/mol. The lowest BCUT2D eigenvalue weighted by molar-refractivity contribution is 0.0946. The molecule has 2 aromatic heterocycles. The SMILES string of the molecule is Cc1nc2cccc(-c3cc4c([nH]3)CCNC4=O)c2nc1N=C(N)N. The van der Waals surface area contributed by atoms with Crippen molar-refractivity contribution in [3.8, 4) is 11.3 Å². The van der Waals surface area contributed by atoms with E-state index in [-0.39, 0.29) is 11.9 Å². The molecule has 0 saturated carbocycles. The van der Waals surface area contributed by atoms with E-state index in [0.717, 1.165) is 28.9 Å². The topological polar surface area (TPSA) is 135 Å². The van der Waals surface area contributed by atoms with Crippen LogP contribution >= 0.6 is 0 Å². The fourth-order valence-electron chi connectivity index (χ4n) is 3.04. The minimum absolute atomic E-state index is 0.0629. The molecule has 1 amide bonds. The Balaban J connectivity index is 1.93. The lowest BCUT2D eigenvalue weighted by Gasteiger charge is -2.11. The first-order chi connectivity index (χ1) is 12.0. The van der Waals surface area contributed by atoms with Crippen molar-refractivity contribution in [1.82, 2.24) is 20.3 Å². The smallest absolute Gasteiger partial charge is 0.253 e. The number of nitrogens with zero attached hydrogens (tertiary/aromatic N) is 3. The van der Waals surface area contributed by atoms with Crippen LogP contribution in [0.25, 0.3) is 22.3 Å². The van der Waals surface area contributed by atoms with E-state index in [0.29, 0.717) is 29.1 Å². The van der Waals surface area contributed by atoms with Crippen molar-refractivity contribution in [2.75, 3.05) is 6.54 Å². The number of fused-ring (bicyclic) bond motifs is 2. The van der Waals surface area contributed by atoms with Gasteiger partial charge in [-0.25, -0.2) is 9.97 Å². The molecule has 0 saturated heterocycles. The summed E-state index contributed by atoms with van der Waals surface area (Å²) in [7, 11) is 0. The number of aromatic nitrogens is 3. The van der Waals surface area contributed by atoms with Gasteiger partial charge in [-0.05, 0) is 19.1 Å². The van der Waals surface area contributed by atoms with Crippen molar-refractivity contribution in [3.05, 3.63) is 41.2 Å². The summed E-state index contributed by atoms with van der Waals surface area (Å²) < 4.78 is 0. The number of aliphatic imine (C=N–C) groups is 1. The Bertz CT molecular complexity index is 1030. The van der Waals surface area contributed by atoms with Crippen LogP contribution in [-0.4, -0.2) is 33.4 Å². The third kappa shape index (κ3) is 2.57. The normalized spacial score (nSPS) is 13.4. The number of benzene rings is 1. The molecule has 0 spiro atoms. The summed E-state index contributed by atoms with van der Waals surface area (Å²) in [5.74, 6) is 0.252. The highest BCUT2D eigenvalue weighted by molar-refractivity contribution is 5.99. The van der Waals surface area contributed by atoms with E-state index in [9.17, 15) is 4.79 Å². The van der Waals surface area contributed by atoms with Gasteiger partial charge in [0, 0.05) is 29.9 Å². The van der Waals surface area contributed by atoms with Crippen LogP contribution < -0.4 is 16.8 Å². The van der Waals surface area contributed by atoms with E-state index in [1.807, 2.05) is 24.3 Å². The molecule has 1 aromatic carbocycles. The average molecular weight is 335 g/mol. The molecule has 1 aliphatic rings. The second-order valence-electron chi connectivity index (χ2n) is 5.92. The molecule has 0 unspecified atom stereocenters. The second kappa shape index (κ2) is 5.59. The van der Waals surface area contributed by atoms with Crippen LogP contribution in [0.15, 0.2) is 29.3 Å². The average Bonchev–Trinajstić information content (AvgIpc) is 3.00. The Morgan fingerprint density at radius 3 is 2.84 bits per heavy atom. The summed E-state index contributed by atoms with van der Waals surface area (Å²) >= 11 is 0. The maximum Gasteiger partial charge on any atom is 0.253 e. The van der Waals surface area contributed by atoms with Crippen molar-refractivity contribution in [2.45, 2.75) is 13.3 Å². The zero-order valence-electron chi connectivity index (χ0n) is 13.6. The van der Waals surface area contributed by atoms with Crippen molar-refractivity contribution in [1.29, 1.82) is 0 Å². The molecule has 8 heteroatoms. The summed E-state index contributed by atoms with van der Waals surface area (Å²) in [5.41, 5.74) is 16.3. The first kappa shape index (κ1) is 15.1. The van der Waals surface area contributed by atoms with Crippen LogP contribution in [0, 0.1) is 6.92 Å². The molecule has 4 rings (SSSR count). The highest BCUT2D eigenvalue weighted by Gasteiger charge is 2.21. The van der Waals surface area contributed by atoms with Gasteiger partial charge in [-0.3, -0.25) is 4.79 Å². The number of hydrogen-bond acceptors (Lipinski definition) is 4. The lowest BCUT2D eigenvalue weighted by atomic mass is 10.1. The van der Waals surface area contributed by atoms with E-state index in [1.165, 1.54) is 0 Å². The highest BCUT2D eigenvalue weighted by atomic mass is 16.1. The zero-order chi connectivity index (χ0) is 17.6. The van der Waals surface area contributed by atoms with Gasteiger partial charge in [-0.1, -0.05) is 12.1 Å². The largest absolute Gasteiger partial charge is 0.370 e. The summed E-state index contributed by atoms with van der Waals surface area (Å²) in [5, 5.41) is 2.85. The first-order valence-corrected chi connectivity index (χ1v) is 7.90. The summed E-state index contributed by atoms with van der Waals surface area (Å²) in [6.07, 6.45) is 0.774. The molecule has 1 aliphatic heterocycles. The van der Waals surface area contributed by atoms with Crippen molar-refractivity contribution >= 4 is 28.7 Å². The molecule has 126 valence electrons. The van der Waals surface area contributed by atoms with Crippen LogP contribution in [0.3, 0.4) is 0 Å². The number of nitrogens with one attached hydrogen (secondary N) is 2. The van der Waals surface area contributed by atoms with E-state index < -0.39 is 0 Å². The van der Waals surface area contributed by atoms with Gasteiger partial charge < -0.3 is 21.8 Å². The number of hydrogen-bond donors (Lipinski definition) is 4. The molecule has 0 radical (unpaired) electrons. The fraction of sp³-hybridized carbons (Fsp3) is 0.176. The third-order valence-electron chi connectivity index (χ3n) is 4.17. The maximum atomic E-state index is 12.0. The summed E-state index contributed by atoms with van der Waals surface area (Å²) in [4.78, 5) is 28.5. The first-order valence-electron chi connectivity index (χ1n) is 7.90. The molecule has 0 bridgehead atoms. The number of aryl methyl sites for hydroxylation is 1. The van der Waals surface area contributed by atoms with Gasteiger partial charge >= 0.3 is 0 Å². The Hall–Kier alpha value is -3.42. The molecule has 3 heterocycles. The third-order valence-corrected chi connectivity index (χ3v) is 4.17. The van der Waals surface area contributed by atoms with Crippen molar-refractivity contribution in [2.24, 2.45) is 16.5 Å². The minimum atomic E-state index is -0.0683. The minimum Gasteiger partial charge on any atom is -0.370 e. The van der Waals surface area contributed by atoms with E-state index in [2.05, 4.69) is 25.3 Å². The monoisotopic (exact) mass is 335 g/mol. The number of para-hydroxylation sites is 1. The number of carbonyl (C=O) groups excluding carboxylic acids is 1. The Morgan fingerprint density at radius 2 is 2.08 bits per heavy atom. The Kier molecular flexibility index (Phi) is 3.38. The molecule has 3 aromatic rings. The number of guanidine groups is 1. The van der Waals surface area contributed by atoms with Gasteiger partial charge in [0.15, 0.2) is 11.8 Å². The van der Waals surface area contributed by atoms with Crippen LogP contribution in [-0.2, 0) is 6.42 Å². The number of amides is 1. The predicted octanol–water partition coefficient (Wildman–Crippen LogP) is 1.12.